The number of hydrogen-bond acceptors (Lipinski definition) is 7. The van der Waals surface area contributed by atoms with Gasteiger partial charge < -0.3 is 14.2 Å². The van der Waals surface area contributed by atoms with Crippen LogP contribution in [0.25, 0.3) is 11.8 Å². The first kappa shape index (κ1) is 31.5. The number of thiazole rings is 1. The molecule has 222 valence electrons. The van der Waals surface area contributed by atoms with Crippen molar-refractivity contribution in [1.82, 2.24) is 4.57 Å². The molecule has 3 aromatic carbocycles. The van der Waals surface area contributed by atoms with Crippen LogP contribution in [-0.2, 0) is 9.53 Å². The first-order chi connectivity index (χ1) is 20.7. The minimum atomic E-state index is -0.745. The summed E-state index contributed by atoms with van der Waals surface area (Å²) >= 11 is 5.82. The Bertz CT molecular complexity index is 1840. The largest absolute Gasteiger partial charge is 0.494 e. The molecule has 0 aliphatic carbocycles. The van der Waals surface area contributed by atoms with Crippen molar-refractivity contribution < 1.29 is 19.0 Å². The van der Waals surface area contributed by atoms with Gasteiger partial charge in [-0.1, -0.05) is 53.8 Å². The molecule has 0 amide bonds. The number of halogens is 2. The molecule has 0 radical (unpaired) electrons. The van der Waals surface area contributed by atoms with Gasteiger partial charge in [0.15, 0.2) is 4.80 Å². The van der Waals surface area contributed by atoms with E-state index in [-0.39, 0.29) is 18.3 Å². The number of carbonyl (C=O) groups is 1. The fourth-order valence-corrected chi connectivity index (χ4v) is 7.90. The zero-order chi connectivity index (χ0) is 30.7. The van der Waals surface area contributed by atoms with E-state index < -0.39 is 12.0 Å². The summed E-state index contributed by atoms with van der Waals surface area (Å²) in [4.78, 5) is 33.2. The van der Waals surface area contributed by atoms with Gasteiger partial charge >= 0.3 is 5.97 Å². The van der Waals surface area contributed by atoms with E-state index in [1.807, 2.05) is 93.6 Å². The topological polar surface area (TPSA) is 79.1 Å². The molecule has 1 aliphatic heterocycles. The molecule has 0 saturated carbocycles. The molecule has 0 saturated heterocycles. The summed E-state index contributed by atoms with van der Waals surface area (Å²) in [6.45, 7) is 8.41. The first-order valence-electron chi connectivity index (χ1n) is 13.9. The van der Waals surface area contributed by atoms with E-state index in [2.05, 4.69) is 45.2 Å². The highest BCUT2D eigenvalue weighted by atomic mass is 127. The van der Waals surface area contributed by atoms with Crippen molar-refractivity contribution in [3.63, 3.8) is 0 Å². The fraction of sp³-hybridized carbons (Fsp3) is 0.242. The van der Waals surface area contributed by atoms with Crippen LogP contribution in [0.1, 0.15) is 50.4 Å². The molecule has 0 N–H and O–H groups in total. The van der Waals surface area contributed by atoms with E-state index in [0.29, 0.717) is 33.0 Å². The van der Waals surface area contributed by atoms with Gasteiger partial charge in [-0.25, -0.2) is 9.79 Å². The number of hydrogen-bond donors (Lipinski definition) is 0. The lowest BCUT2D eigenvalue weighted by Crippen LogP contribution is -2.40. The molecule has 1 aromatic heterocycles. The van der Waals surface area contributed by atoms with Gasteiger partial charge in [0.2, 0.25) is 0 Å². The van der Waals surface area contributed by atoms with Crippen molar-refractivity contribution >= 4 is 74.3 Å². The average Bonchev–Trinajstić information content (AvgIpc) is 3.29. The summed E-state index contributed by atoms with van der Waals surface area (Å²) in [6.07, 6.45) is 1.92. The Morgan fingerprint density at radius 3 is 2.30 bits per heavy atom. The molecule has 0 fully saturated rings. The third-order valence-corrected chi connectivity index (χ3v) is 9.14. The van der Waals surface area contributed by atoms with E-state index in [1.165, 1.54) is 11.3 Å². The lowest BCUT2D eigenvalue weighted by atomic mass is 9.93. The normalized spacial score (nSPS) is 14.9. The molecule has 1 aliphatic rings. The monoisotopic (exact) mass is 820 g/mol. The van der Waals surface area contributed by atoms with Gasteiger partial charge in [0.25, 0.3) is 5.56 Å². The molecule has 1 atom stereocenters. The van der Waals surface area contributed by atoms with Crippen LogP contribution in [0.5, 0.6) is 11.5 Å². The standard InChI is InChI=1S/C33H30I2N2O5S/c1-5-40-23-14-12-22(13-15-23)29-27(32(39)41-6-2)28(21-10-8-7-9-11-21)36-33-37(29)31(38)26(43-33)18-20-16-24(34)30(25(35)17-20)42-19(3)4/h7-19,29H,5-6H2,1-4H3/b26-18-/t29-/m0/s1. The summed E-state index contributed by atoms with van der Waals surface area (Å²) < 4.78 is 21.3. The van der Waals surface area contributed by atoms with Crippen LogP contribution in [0.15, 0.2) is 82.1 Å². The van der Waals surface area contributed by atoms with Crippen LogP contribution >= 0.6 is 56.5 Å². The highest BCUT2D eigenvalue weighted by Gasteiger charge is 2.35. The minimum absolute atomic E-state index is 0.0478. The molecular formula is C33H30I2N2O5S. The number of benzene rings is 3. The van der Waals surface area contributed by atoms with Crippen LogP contribution in [-0.4, -0.2) is 29.9 Å². The maximum Gasteiger partial charge on any atom is 0.338 e. The average molecular weight is 820 g/mol. The number of esters is 1. The number of nitrogens with zero attached hydrogens (tertiary/aromatic N) is 2. The number of fused-ring (bicyclic) bond motifs is 1. The van der Waals surface area contributed by atoms with Gasteiger partial charge in [-0.05, 0) is 114 Å². The Labute approximate surface area is 281 Å². The van der Waals surface area contributed by atoms with Crippen molar-refractivity contribution in [2.75, 3.05) is 13.2 Å². The van der Waals surface area contributed by atoms with Crippen LogP contribution in [0.4, 0.5) is 0 Å². The van der Waals surface area contributed by atoms with Gasteiger partial charge in [0.05, 0.1) is 48.3 Å². The predicted octanol–water partition coefficient (Wildman–Crippen LogP) is 6.33. The second-order valence-corrected chi connectivity index (χ2v) is 13.2. The quantitative estimate of drug-likeness (QED) is 0.146. The maximum absolute atomic E-state index is 14.2. The van der Waals surface area contributed by atoms with Crippen LogP contribution < -0.4 is 24.4 Å². The Hall–Kier alpha value is -2.97. The third kappa shape index (κ3) is 6.75. The second-order valence-electron chi connectivity index (χ2n) is 9.91. The van der Waals surface area contributed by atoms with Gasteiger partial charge in [-0.3, -0.25) is 9.36 Å². The molecule has 10 heteroatoms. The van der Waals surface area contributed by atoms with E-state index in [4.69, 9.17) is 19.2 Å². The Balaban J connectivity index is 1.75. The summed E-state index contributed by atoms with van der Waals surface area (Å²) in [5, 5.41) is 0. The molecule has 0 bridgehead atoms. The van der Waals surface area contributed by atoms with Crippen molar-refractivity contribution in [2.45, 2.75) is 39.8 Å². The number of rotatable bonds is 9. The van der Waals surface area contributed by atoms with E-state index in [9.17, 15) is 9.59 Å². The number of ether oxygens (including phenoxy) is 3. The molecule has 0 unspecified atom stereocenters. The maximum atomic E-state index is 14.2. The van der Waals surface area contributed by atoms with Crippen molar-refractivity contribution in [3.05, 3.63) is 116 Å². The molecular weight excluding hydrogens is 790 g/mol. The highest BCUT2D eigenvalue weighted by Crippen LogP contribution is 2.36. The van der Waals surface area contributed by atoms with Crippen molar-refractivity contribution in [2.24, 2.45) is 4.99 Å². The van der Waals surface area contributed by atoms with Crippen LogP contribution in [0.3, 0.4) is 0 Å². The predicted molar refractivity (Wildman–Crippen MR) is 186 cm³/mol. The van der Waals surface area contributed by atoms with E-state index >= 15 is 0 Å². The lowest BCUT2D eigenvalue weighted by molar-refractivity contribution is -0.138. The second kappa shape index (κ2) is 13.8. The van der Waals surface area contributed by atoms with Crippen LogP contribution in [0, 0.1) is 7.14 Å². The van der Waals surface area contributed by atoms with Gasteiger partial charge in [-0.2, -0.15) is 0 Å². The SMILES string of the molecule is CCOC(=O)C1=C(c2ccccc2)N=c2s/c(=C\c3cc(I)c(OC(C)C)c(I)c3)c(=O)n2[C@H]1c1ccc(OCC)cc1. The summed E-state index contributed by atoms with van der Waals surface area (Å²) in [7, 11) is 0. The minimum Gasteiger partial charge on any atom is -0.494 e. The highest BCUT2D eigenvalue weighted by molar-refractivity contribution is 14.1. The zero-order valence-electron chi connectivity index (χ0n) is 24.1. The van der Waals surface area contributed by atoms with Gasteiger partial charge in [-0.15, -0.1) is 0 Å². The summed E-state index contributed by atoms with van der Waals surface area (Å²) in [5.41, 5.74) is 2.97. The van der Waals surface area contributed by atoms with E-state index in [1.54, 1.807) is 11.5 Å². The fourth-order valence-electron chi connectivity index (χ4n) is 4.83. The Morgan fingerprint density at radius 2 is 1.70 bits per heavy atom. The molecule has 2 heterocycles. The number of aromatic nitrogens is 1. The van der Waals surface area contributed by atoms with Gasteiger partial charge in [0.1, 0.15) is 11.5 Å². The van der Waals surface area contributed by atoms with E-state index in [0.717, 1.165) is 29.6 Å². The lowest BCUT2D eigenvalue weighted by Gasteiger charge is -2.26. The molecule has 7 nitrogen and oxygen atoms in total. The van der Waals surface area contributed by atoms with Crippen LogP contribution in [0.2, 0.25) is 0 Å². The first-order valence-corrected chi connectivity index (χ1v) is 16.9. The van der Waals surface area contributed by atoms with Crippen molar-refractivity contribution in [1.29, 1.82) is 0 Å². The molecule has 0 spiro atoms. The summed E-state index contributed by atoms with van der Waals surface area (Å²) in [6, 6.07) is 20.3. The van der Waals surface area contributed by atoms with Crippen molar-refractivity contribution in [3.8, 4) is 11.5 Å². The molecule has 5 rings (SSSR count). The summed E-state index contributed by atoms with van der Waals surface area (Å²) in [5.74, 6) is 1.03. The zero-order valence-corrected chi connectivity index (χ0v) is 29.2. The number of carbonyl (C=O) groups excluding carboxylic acids is 1. The molecule has 43 heavy (non-hydrogen) atoms. The Morgan fingerprint density at radius 1 is 1.02 bits per heavy atom. The van der Waals surface area contributed by atoms with Gasteiger partial charge in [0, 0.05) is 5.56 Å². The Kier molecular flexibility index (Phi) is 10.1. The molecule has 4 aromatic rings. The smallest absolute Gasteiger partial charge is 0.338 e. The third-order valence-electron chi connectivity index (χ3n) is 6.55.